The summed E-state index contributed by atoms with van der Waals surface area (Å²) >= 11 is 1.39. The minimum Gasteiger partial charge on any atom is -0.497 e. The number of rotatable bonds is 13. The molecule has 52 heavy (non-hydrogen) atoms. The van der Waals surface area contributed by atoms with Gasteiger partial charge in [-0.15, -0.1) is 11.8 Å². The van der Waals surface area contributed by atoms with Crippen LogP contribution in [0.25, 0.3) is 6.08 Å². The molecule has 0 saturated carbocycles. The zero-order chi connectivity index (χ0) is 36.1. The van der Waals surface area contributed by atoms with Gasteiger partial charge >= 0.3 is 0 Å². The fraction of sp³-hybridized carbons (Fsp3) is 0.0465. The Bertz CT molecular complexity index is 2140. The van der Waals surface area contributed by atoms with E-state index in [9.17, 15) is 14.4 Å². The minimum absolute atomic E-state index is 0.0565. The van der Waals surface area contributed by atoms with Gasteiger partial charge in [-0.05, 0) is 102 Å². The number of carbonyl (C=O) groups excluding carboxylic acids is 3. The van der Waals surface area contributed by atoms with Crippen LogP contribution in [0.15, 0.2) is 174 Å². The van der Waals surface area contributed by atoms with E-state index in [4.69, 9.17) is 9.47 Å². The third-order valence-electron chi connectivity index (χ3n) is 7.74. The van der Waals surface area contributed by atoms with Crippen LogP contribution in [0.2, 0.25) is 0 Å². The summed E-state index contributed by atoms with van der Waals surface area (Å²) in [6, 6.07) is 49.3. The molecule has 1 unspecified atom stereocenters. The standard InChI is InChI=1S/C43H35N3O5S/c1-50-37-19-11-12-30(28-37)29-39(46-41(47)32-15-7-3-8-16-32)42(48)44-34-22-26-38(27-23-34)52-40(31-13-5-2-6-14-31)43(49)45-33-20-24-36(25-21-33)51-35-17-9-4-10-18-35/h2-29,40H,1H3,(H,44,48)(H,45,49)(H,46,47)/b39-29-. The van der Waals surface area contributed by atoms with Crippen molar-refractivity contribution in [2.24, 2.45) is 0 Å². The lowest BCUT2D eigenvalue weighted by atomic mass is 10.1. The fourth-order valence-corrected chi connectivity index (χ4v) is 6.16. The molecule has 0 saturated heterocycles. The number of para-hydroxylation sites is 1. The molecule has 258 valence electrons. The smallest absolute Gasteiger partial charge is 0.272 e. The average molecular weight is 706 g/mol. The number of anilines is 2. The summed E-state index contributed by atoms with van der Waals surface area (Å²) in [6.07, 6.45) is 1.59. The molecule has 0 radical (unpaired) electrons. The Kier molecular flexibility index (Phi) is 11.8. The molecule has 3 N–H and O–H groups in total. The van der Waals surface area contributed by atoms with E-state index in [1.165, 1.54) is 11.8 Å². The van der Waals surface area contributed by atoms with Gasteiger partial charge in [-0.25, -0.2) is 0 Å². The second-order valence-corrected chi connectivity index (χ2v) is 12.6. The molecule has 0 bridgehead atoms. The van der Waals surface area contributed by atoms with Crippen molar-refractivity contribution in [3.05, 3.63) is 186 Å². The summed E-state index contributed by atoms with van der Waals surface area (Å²) in [5.41, 5.74) is 3.14. The van der Waals surface area contributed by atoms with Crippen molar-refractivity contribution < 1.29 is 23.9 Å². The Labute approximate surface area is 306 Å². The quantitative estimate of drug-likeness (QED) is 0.0817. The lowest BCUT2D eigenvalue weighted by Crippen LogP contribution is -2.30. The molecule has 0 aromatic heterocycles. The fourth-order valence-electron chi connectivity index (χ4n) is 5.13. The molecule has 0 fully saturated rings. The largest absolute Gasteiger partial charge is 0.497 e. The Hall–Kier alpha value is -6.58. The van der Waals surface area contributed by atoms with Gasteiger partial charge < -0.3 is 25.4 Å². The summed E-state index contributed by atoms with van der Waals surface area (Å²) in [5, 5.41) is 8.11. The van der Waals surface area contributed by atoms with Gasteiger partial charge in [-0.1, -0.05) is 78.9 Å². The van der Waals surface area contributed by atoms with Crippen LogP contribution in [0, 0.1) is 0 Å². The lowest BCUT2D eigenvalue weighted by Gasteiger charge is -2.18. The normalized spacial score (nSPS) is 11.5. The zero-order valence-electron chi connectivity index (χ0n) is 28.2. The van der Waals surface area contributed by atoms with E-state index in [-0.39, 0.29) is 11.6 Å². The number of methoxy groups -OCH3 is 1. The number of ether oxygens (including phenoxy) is 2. The third-order valence-corrected chi connectivity index (χ3v) is 9.01. The topological polar surface area (TPSA) is 106 Å². The van der Waals surface area contributed by atoms with Crippen molar-refractivity contribution >= 4 is 46.9 Å². The molecule has 0 spiro atoms. The second kappa shape index (κ2) is 17.4. The molecular weight excluding hydrogens is 671 g/mol. The number of thioether (sulfide) groups is 1. The van der Waals surface area contributed by atoms with Crippen LogP contribution in [0.1, 0.15) is 26.7 Å². The van der Waals surface area contributed by atoms with Crippen LogP contribution in [0.5, 0.6) is 17.2 Å². The molecule has 9 heteroatoms. The van der Waals surface area contributed by atoms with Crippen molar-refractivity contribution in [2.45, 2.75) is 10.1 Å². The Morgan fingerprint density at radius 1 is 0.615 bits per heavy atom. The number of hydrogen-bond acceptors (Lipinski definition) is 6. The summed E-state index contributed by atoms with van der Waals surface area (Å²) in [4.78, 5) is 41.1. The van der Waals surface area contributed by atoms with Gasteiger partial charge in [0, 0.05) is 21.8 Å². The molecule has 6 aromatic carbocycles. The maximum absolute atomic E-state index is 13.7. The zero-order valence-corrected chi connectivity index (χ0v) is 29.0. The van der Waals surface area contributed by atoms with Crippen LogP contribution >= 0.6 is 11.8 Å². The van der Waals surface area contributed by atoms with Gasteiger partial charge in [0.15, 0.2) is 0 Å². The Morgan fingerprint density at radius 3 is 1.87 bits per heavy atom. The summed E-state index contributed by atoms with van der Waals surface area (Å²) in [7, 11) is 1.56. The molecule has 8 nitrogen and oxygen atoms in total. The molecule has 0 aliphatic rings. The van der Waals surface area contributed by atoms with Crippen molar-refractivity contribution in [1.82, 2.24) is 5.32 Å². The lowest BCUT2D eigenvalue weighted by molar-refractivity contribution is -0.116. The third kappa shape index (κ3) is 9.77. The molecule has 3 amide bonds. The van der Waals surface area contributed by atoms with Crippen molar-refractivity contribution in [1.29, 1.82) is 0 Å². The summed E-state index contributed by atoms with van der Waals surface area (Å²) in [5.74, 6) is 0.890. The average Bonchev–Trinajstić information content (AvgIpc) is 3.19. The van der Waals surface area contributed by atoms with E-state index < -0.39 is 17.1 Å². The van der Waals surface area contributed by atoms with E-state index in [0.717, 1.165) is 16.2 Å². The summed E-state index contributed by atoms with van der Waals surface area (Å²) < 4.78 is 11.2. The highest BCUT2D eigenvalue weighted by Crippen LogP contribution is 2.37. The van der Waals surface area contributed by atoms with Gasteiger partial charge in [-0.2, -0.15) is 0 Å². The number of nitrogens with one attached hydrogen (secondary N) is 3. The van der Waals surface area contributed by atoms with Gasteiger partial charge in [0.2, 0.25) is 5.91 Å². The van der Waals surface area contributed by atoms with E-state index in [0.29, 0.717) is 34.0 Å². The predicted molar refractivity (Wildman–Crippen MR) is 207 cm³/mol. The van der Waals surface area contributed by atoms with E-state index in [2.05, 4.69) is 16.0 Å². The number of carbonyl (C=O) groups is 3. The first-order valence-corrected chi connectivity index (χ1v) is 17.3. The Morgan fingerprint density at radius 2 is 1.19 bits per heavy atom. The van der Waals surface area contributed by atoms with Crippen LogP contribution in [0.3, 0.4) is 0 Å². The van der Waals surface area contributed by atoms with Crippen molar-refractivity contribution in [2.75, 3.05) is 17.7 Å². The second-order valence-electron chi connectivity index (χ2n) is 11.5. The summed E-state index contributed by atoms with van der Waals surface area (Å²) in [6.45, 7) is 0. The first-order valence-electron chi connectivity index (χ1n) is 16.4. The number of amides is 3. The van der Waals surface area contributed by atoms with Crippen LogP contribution in [-0.4, -0.2) is 24.8 Å². The maximum atomic E-state index is 13.7. The minimum atomic E-state index is -0.563. The van der Waals surface area contributed by atoms with Crippen LogP contribution in [0.4, 0.5) is 11.4 Å². The maximum Gasteiger partial charge on any atom is 0.272 e. The predicted octanol–water partition coefficient (Wildman–Crippen LogP) is 9.37. The monoisotopic (exact) mass is 705 g/mol. The van der Waals surface area contributed by atoms with Crippen LogP contribution in [-0.2, 0) is 9.59 Å². The van der Waals surface area contributed by atoms with Gasteiger partial charge in [0.1, 0.15) is 28.2 Å². The van der Waals surface area contributed by atoms with Crippen LogP contribution < -0.4 is 25.4 Å². The Balaban J connectivity index is 1.15. The van der Waals surface area contributed by atoms with Crippen molar-refractivity contribution in [3.8, 4) is 17.2 Å². The molecule has 0 aliphatic carbocycles. The molecule has 6 rings (SSSR count). The number of hydrogen-bond donors (Lipinski definition) is 3. The van der Waals surface area contributed by atoms with E-state index >= 15 is 0 Å². The number of benzene rings is 6. The highest BCUT2D eigenvalue weighted by Gasteiger charge is 2.23. The van der Waals surface area contributed by atoms with E-state index in [1.807, 2.05) is 97.1 Å². The highest BCUT2D eigenvalue weighted by atomic mass is 32.2. The molecule has 0 aliphatic heterocycles. The first-order chi connectivity index (χ1) is 25.4. The van der Waals surface area contributed by atoms with Gasteiger partial charge in [0.05, 0.1) is 7.11 Å². The molecule has 6 aromatic rings. The SMILES string of the molecule is COc1cccc(/C=C(\NC(=O)c2ccccc2)C(=O)Nc2ccc(SC(C(=O)Nc3ccc(Oc4ccccc4)cc3)c3ccccc3)cc2)c1. The highest BCUT2D eigenvalue weighted by molar-refractivity contribution is 8.00. The molecular formula is C43H35N3O5S. The van der Waals surface area contributed by atoms with E-state index in [1.54, 1.807) is 79.9 Å². The molecule has 1 atom stereocenters. The van der Waals surface area contributed by atoms with Gasteiger partial charge in [0.25, 0.3) is 11.8 Å². The first kappa shape index (κ1) is 35.3. The van der Waals surface area contributed by atoms with Gasteiger partial charge in [-0.3, -0.25) is 14.4 Å². The molecule has 0 heterocycles. The van der Waals surface area contributed by atoms with Crippen molar-refractivity contribution in [3.63, 3.8) is 0 Å².